The maximum Gasteiger partial charge on any atom is 0.249 e. The molecule has 0 aromatic carbocycles. The summed E-state index contributed by atoms with van der Waals surface area (Å²) in [6, 6.07) is 1.92. The first-order chi connectivity index (χ1) is 6.70. The maximum absolute atomic E-state index is 5.56. The van der Waals surface area contributed by atoms with Gasteiger partial charge < -0.3 is 4.42 Å². The van der Waals surface area contributed by atoms with Crippen LogP contribution in [-0.2, 0) is 5.88 Å². The van der Waals surface area contributed by atoms with Gasteiger partial charge in [0.1, 0.15) is 5.88 Å². The van der Waals surface area contributed by atoms with Crippen LogP contribution in [0.2, 0.25) is 0 Å². The van der Waals surface area contributed by atoms with Crippen molar-refractivity contribution in [3.63, 3.8) is 0 Å². The molecule has 0 fully saturated rings. The number of nitrogens with zero attached hydrogens (tertiary/aromatic N) is 2. The highest BCUT2D eigenvalue weighted by atomic mass is 79.9. The van der Waals surface area contributed by atoms with E-state index in [4.69, 9.17) is 16.0 Å². The van der Waals surface area contributed by atoms with Crippen molar-refractivity contribution in [3.8, 4) is 11.5 Å². The molecule has 2 aromatic rings. The van der Waals surface area contributed by atoms with E-state index in [1.165, 1.54) is 0 Å². The summed E-state index contributed by atoms with van der Waals surface area (Å²) in [6.07, 6.45) is 0. The number of aromatic nitrogens is 2. The molecule has 2 rings (SSSR count). The van der Waals surface area contributed by atoms with E-state index >= 15 is 0 Å². The van der Waals surface area contributed by atoms with Crippen LogP contribution in [0.1, 0.15) is 5.89 Å². The van der Waals surface area contributed by atoms with Gasteiger partial charge >= 0.3 is 0 Å². The Labute approximate surface area is 106 Å². The van der Waals surface area contributed by atoms with Crippen LogP contribution in [0.3, 0.4) is 0 Å². The molecule has 0 aliphatic rings. The fraction of sp³-hybridized carbons (Fsp3) is 0.143. The minimum Gasteiger partial charge on any atom is -0.419 e. The fourth-order valence-corrected chi connectivity index (χ4v) is 3.79. The molecule has 0 N–H and O–H groups in total. The van der Waals surface area contributed by atoms with Crippen LogP contribution in [0, 0.1) is 0 Å². The summed E-state index contributed by atoms with van der Waals surface area (Å²) in [6.45, 7) is 0. The predicted molar refractivity (Wildman–Crippen MR) is 62.6 cm³/mol. The summed E-state index contributed by atoms with van der Waals surface area (Å²) < 4.78 is 7.27. The highest BCUT2D eigenvalue weighted by molar-refractivity contribution is 9.12. The zero-order valence-electron chi connectivity index (χ0n) is 6.63. The van der Waals surface area contributed by atoms with Crippen molar-refractivity contribution in [1.29, 1.82) is 0 Å². The lowest BCUT2D eigenvalue weighted by Gasteiger charge is -1.88. The molecule has 0 bridgehead atoms. The van der Waals surface area contributed by atoms with Gasteiger partial charge in [0.15, 0.2) is 0 Å². The molecule has 7 heteroatoms. The standard InChI is InChI=1S/C7H3Br2ClN2OS/c8-4-1-3(6(9)14-4)7-12-11-5(2-10)13-7/h1H,2H2. The molecule has 2 aromatic heterocycles. The van der Waals surface area contributed by atoms with E-state index in [0.29, 0.717) is 11.8 Å². The van der Waals surface area contributed by atoms with Gasteiger partial charge in [-0.25, -0.2) is 0 Å². The van der Waals surface area contributed by atoms with Crippen molar-refractivity contribution >= 4 is 54.8 Å². The summed E-state index contributed by atoms with van der Waals surface area (Å²) in [7, 11) is 0. The Morgan fingerprint density at radius 1 is 1.43 bits per heavy atom. The van der Waals surface area contributed by atoms with Crippen molar-refractivity contribution in [2.45, 2.75) is 5.88 Å². The van der Waals surface area contributed by atoms with Crippen molar-refractivity contribution in [1.82, 2.24) is 10.2 Å². The highest BCUT2D eigenvalue weighted by Gasteiger charge is 2.13. The lowest BCUT2D eigenvalue weighted by molar-refractivity contribution is 0.527. The summed E-state index contributed by atoms with van der Waals surface area (Å²) in [5, 5.41) is 7.67. The third kappa shape index (κ3) is 2.03. The van der Waals surface area contributed by atoms with Crippen molar-refractivity contribution < 1.29 is 4.42 Å². The smallest absolute Gasteiger partial charge is 0.249 e. The Bertz CT molecular complexity index is 456. The molecule has 2 heterocycles. The molecule has 74 valence electrons. The summed E-state index contributed by atoms with van der Waals surface area (Å²) >= 11 is 13.9. The van der Waals surface area contributed by atoms with E-state index in [0.717, 1.165) is 13.1 Å². The van der Waals surface area contributed by atoms with Gasteiger partial charge in [-0.1, -0.05) is 0 Å². The third-order valence-corrected chi connectivity index (χ3v) is 4.04. The van der Waals surface area contributed by atoms with E-state index in [-0.39, 0.29) is 5.88 Å². The molecule has 3 nitrogen and oxygen atoms in total. The maximum atomic E-state index is 5.56. The normalized spacial score (nSPS) is 10.8. The van der Waals surface area contributed by atoms with Gasteiger partial charge in [-0.05, 0) is 37.9 Å². The molecule has 0 spiro atoms. The van der Waals surface area contributed by atoms with Crippen LogP contribution in [0.15, 0.2) is 18.1 Å². The number of hydrogen-bond acceptors (Lipinski definition) is 4. The third-order valence-electron chi connectivity index (χ3n) is 1.47. The van der Waals surface area contributed by atoms with Crippen LogP contribution < -0.4 is 0 Å². The molecular weight excluding hydrogens is 355 g/mol. The molecule has 0 aliphatic heterocycles. The van der Waals surface area contributed by atoms with E-state index in [9.17, 15) is 0 Å². The first-order valence-corrected chi connectivity index (χ1v) is 6.48. The van der Waals surface area contributed by atoms with Gasteiger partial charge in [-0.2, -0.15) is 0 Å². The number of alkyl halides is 1. The van der Waals surface area contributed by atoms with E-state index in [1.54, 1.807) is 11.3 Å². The minimum atomic E-state index is 0.232. The van der Waals surface area contributed by atoms with E-state index < -0.39 is 0 Å². The topological polar surface area (TPSA) is 38.9 Å². The number of thiophene rings is 1. The summed E-state index contributed by atoms with van der Waals surface area (Å²) in [5.74, 6) is 1.14. The molecule has 0 amide bonds. The average Bonchev–Trinajstić information content (AvgIpc) is 2.71. The Morgan fingerprint density at radius 3 is 2.71 bits per heavy atom. The fourth-order valence-electron chi connectivity index (χ4n) is 0.903. The van der Waals surface area contributed by atoms with Crippen LogP contribution >= 0.6 is 54.8 Å². The van der Waals surface area contributed by atoms with Crippen molar-refractivity contribution in [2.24, 2.45) is 0 Å². The summed E-state index contributed by atoms with van der Waals surface area (Å²) in [5.41, 5.74) is 0.880. The Kier molecular flexibility index (Phi) is 3.26. The van der Waals surface area contributed by atoms with Gasteiger partial charge in [0, 0.05) is 0 Å². The predicted octanol–water partition coefficient (Wildman–Crippen LogP) is 4.06. The highest BCUT2D eigenvalue weighted by Crippen LogP contribution is 2.37. The lowest BCUT2D eigenvalue weighted by atomic mass is 10.3. The van der Waals surface area contributed by atoms with Crippen LogP contribution in [0.25, 0.3) is 11.5 Å². The molecule has 0 atom stereocenters. The Balaban J connectivity index is 2.43. The molecule has 0 unspecified atom stereocenters. The second kappa shape index (κ2) is 4.30. The van der Waals surface area contributed by atoms with Crippen LogP contribution in [-0.4, -0.2) is 10.2 Å². The minimum absolute atomic E-state index is 0.232. The molecule has 0 aliphatic carbocycles. The largest absolute Gasteiger partial charge is 0.419 e. The van der Waals surface area contributed by atoms with Gasteiger partial charge in [0.25, 0.3) is 0 Å². The quantitative estimate of drug-likeness (QED) is 0.760. The summed E-state index contributed by atoms with van der Waals surface area (Å²) in [4.78, 5) is 0. The lowest BCUT2D eigenvalue weighted by Crippen LogP contribution is -1.74. The average molecular weight is 358 g/mol. The molecular formula is C7H3Br2ClN2OS. The molecule has 0 saturated heterocycles. The van der Waals surface area contributed by atoms with E-state index in [1.807, 2.05) is 6.07 Å². The Morgan fingerprint density at radius 2 is 2.21 bits per heavy atom. The molecule has 14 heavy (non-hydrogen) atoms. The first kappa shape index (κ1) is 10.6. The second-order valence-corrected chi connectivity index (χ2v) is 6.39. The number of halogens is 3. The van der Waals surface area contributed by atoms with Crippen molar-refractivity contribution in [2.75, 3.05) is 0 Å². The monoisotopic (exact) mass is 356 g/mol. The number of rotatable bonds is 2. The zero-order chi connectivity index (χ0) is 10.1. The van der Waals surface area contributed by atoms with Crippen LogP contribution in [0.5, 0.6) is 0 Å². The zero-order valence-corrected chi connectivity index (χ0v) is 11.4. The molecule has 0 saturated carbocycles. The van der Waals surface area contributed by atoms with Gasteiger partial charge in [0.05, 0.1) is 13.1 Å². The van der Waals surface area contributed by atoms with Gasteiger partial charge in [0.2, 0.25) is 11.8 Å². The van der Waals surface area contributed by atoms with E-state index in [2.05, 4.69) is 42.1 Å². The van der Waals surface area contributed by atoms with Crippen LogP contribution in [0.4, 0.5) is 0 Å². The second-order valence-electron chi connectivity index (χ2n) is 2.37. The Hall–Kier alpha value is 0.0900. The first-order valence-electron chi connectivity index (χ1n) is 3.54. The van der Waals surface area contributed by atoms with Crippen molar-refractivity contribution in [3.05, 3.63) is 19.5 Å². The SMILES string of the molecule is ClCc1nnc(-c2cc(Br)sc2Br)o1. The van der Waals surface area contributed by atoms with Gasteiger partial charge in [-0.15, -0.1) is 33.1 Å². The molecule has 0 radical (unpaired) electrons. The number of hydrogen-bond donors (Lipinski definition) is 0. The van der Waals surface area contributed by atoms with Gasteiger partial charge in [-0.3, -0.25) is 0 Å².